The Morgan fingerprint density at radius 1 is 1.47 bits per heavy atom. The maximum atomic E-state index is 12.1. The predicted octanol–water partition coefficient (Wildman–Crippen LogP) is 1.28. The lowest BCUT2D eigenvalue weighted by Crippen LogP contribution is -2.13. The van der Waals surface area contributed by atoms with E-state index in [1.807, 2.05) is 18.2 Å². The first-order valence-corrected chi connectivity index (χ1v) is 5.81. The maximum Gasteiger partial charge on any atom is 0.259 e. The van der Waals surface area contributed by atoms with E-state index in [4.69, 9.17) is 5.73 Å². The molecule has 5 nitrogen and oxygen atoms in total. The number of H-pyrrole nitrogens is 1. The fourth-order valence-electron chi connectivity index (χ4n) is 1.62. The molecule has 4 N–H and O–H groups in total. The van der Waals surface area contributed by atoms with Crippen molar-refractivity contribution in [2.24, 2.45) is 5.73 Å². The molecule has 5 heteroatoms. The Kier molecular flexibility index (Phi) is 3.96. The summed E-state index contributed by atoms with van der Waals surface area (Å²) < 4.78 is 0. The van der Waals surface area contributed by atoms with Crippen LogP contribution < -0.4 is 11.1 Å². The second-order valence-corrected chi connectivity index (χ2v) is 3.91. The van der Waals surface area contributed by atoms with E-state index in [9.17, 15) is 4.79 Å². The molecule has 0 aliphatic rings. The molecule has 0 aliphatic heterocycles. The number of carbonyl (C=O) groups is 1. The molecule has 0 unspecified atom stereocenters. The zero-order valence-corrected chi connectivity index (χ0v) is 10.5. The molecule has 0 aliphatic carbocycles. The standard InChI is InChI=1S/C14H14N4O/c1-10-12(9-16-18-10)14(19)17-13-7-3-2-5-11(13)6-4-8-15/h2-3,5,7,9H,8,15H2,1H3,(H,16,18)(H,17,19). The molecule has 1 amide bonds. The third-order valence-corrected chi connectivity index (χ3v) is 2.57. The van der Waals surface area contributed by atoms with Crippen molar-refractivity contribution in [3.05, 3.63) is 47.3 Å². The smallest absolute Gasteiger partial charge is 0.259 e. The Bertz CT molecular complexity index is 649. The fourth-order valence-corrected chi connectivity index (χ4v) is 1.62. The van der Waals surface area contributed by atoms with Gasteiger partial charge in [-0.3, -0.25) is 9.89 Å². The molecule has 1 heterocycles. The van der Waals surface area contributed by atoms with Gasteiger partial charge in [-0.2, -0.15) is 5.10 Å². The number of aromatic nitrogens is 2. The van der Waals surface area contributed by atoms with Crippen molar-refractivity contribution in [1.29, 1.82) is 0 Å². The first-order valence-electron chi connectivity index (χ1n) is 5.81. The van der Waals surface area contributed by atoms with E-state index in [0.29, 0.717) is 11.3 Å². The zero-order chi connectivity index (χ0) is 13.7. The molecular formula is C14H14N4O. The second-order valence-electron chi connectivity index (χ2n) is 3.91. The lowest BCUT2D eigenvalue weighted by atomic mass is 10.1. The molecule has 1 aromatic heterocycles. The van der Waals surface area contributed by atoms with Gasteiger partial charge in [0.15, 0.2) is 0 Å². The summed E-state index contributed by atoms with van der Waals surface area (Å²) in [6, 6.07) is 7.33. The molecule has 0 saturated heterocycles. The van der Waals surface area contributed by atoms with Crippen LogP contribution in [0, 0.1) is 18.8 Å². The van der Waals surface area contributed by atoms with Crippen molar-refractivity contribution in [3.63, 3.8) is 0 Å². The number of nitrogens with one attached hydrogen (secondary N) is 2. The van der Waals surface area contributed by atoms with Crippen molar-refractivity contribution in [1.82, 2.24) is 10.2 Å². The number of anilines is 1. The summed E-state index contributed by atoms with van der Waals surface area (Å²) in [6.45, 7) is 2.07. The van der Waals surface area contributed by atoms with Crippen LogP contribution in [-0.2, 0) is 0 Å². The van der Waals surface area contributed by atoms with Crippen LogP contribution in [0.5, 0.6) is 0 Å². The van der Waals surface area contributed by atoms with Crippen molar-refractivity contribution in [2.45, 2.75) is 6.92 Å². The van der Waals surface area contributed by atoms with E-state index in [1.165, 1.54) is 6.20 Å². The summed E-state index contributed by atoms with van der Waals surface area (Å²) in [5.74, 6) is 5.48. The summed E-state index contributed by atoms with van der Waals surface area (Å²) in [6.07, 6.45) is 1.50. The second kappa shape index (κ2) is 5.85. The van der Waals surface area contributed by atoms with Gasteiger partial charge < -0.3 is 11.1 Å². The number of para-hydroxylation sites is 1. The highest BCUT2D eigenvalue weighted by atomic mass is 16.1. The van der Waals surface area contributed by atoms with Crippen molar-refractivity contribution >= 4 is 11.6 Å². The Labute approximate surface area is 111 Å². The first-order chi connectivity index (χ1) is 9.22. The quantitative estimate of drug-likeness (QED) is 0.706. The van der Waals surface area contributed by atoms with E-state index in [0.717, 1.165) is 11.3 Å². The molecule has 0 radical (unpaired) electrons. The molecule has 0 saturated carbocycles. The SMILES string of the molecule is Cc1[nH]ncc1C(=O)Nc1ccccc1C#CCN. The normalized spacial score (nSPS) is 9.58. The third kappa shape index (κ3) is 3.00. The number of rotatable bonds is 2. The average Bonchev–Trinajstić information content (AvgIpc) is 2.84. The van der Waals surface area contributed by atoms with Crippen molar-refractivity contribution in [3.8, 4) is 11.8 Å². The minimum absolute atomic E-state index is 0.215. The lowest BCUT2D eigenvalue weighted by Gasteiger charge is -2.06. The molecule has 2 rings (SSSR count). The van der Waals surface area contributed by atoms with Gasteiger partial charge in [-0.15, -0.1) is 0 Å². The molecule has 0 atom stereocenters. The number of hydrogen-bond donors (Lipinski definition) is 3. The van der Waals surface area contributed by atoms with Crippen molar-refractivity contribution in [2.75, 3.05) is 11.9 Å². The van der Waals surface area contributed by atoms with Crippen molar-refractivity contribution < 1.29 is 4.79 Å². The number of aryl methyl sites for hydroxylation is 1. The maximum absolute atomic E-state index is 12.1. The number of benzene rings is 1. The Morgan fingerprint density at radius 3 is 2.95 bits per heavy atom. The van der Waals surface area contributed by atoms with Crippen LogP contribution in [0.2, 0.25) is 0 Å². The molecule has 96 valence electrons. The van der Waals surface area contributed by atoms with Gasteiger partial charge >= 0.3 is 0 Å². The summed E-state index contributed by atoms with van der Waals surface area (Å²) in [5, 5.41) is 9.38. The third-order valence-electron chi connectivity index (χ3n) is 2.57. The van der Waals surface area contributed by atoms with Gasteiger partial charge in [-0.05, 0) is 19.1 Å². The van der Waals surface area contributed by atoms with Gasteiger partial charge in [0, 0.05) is 11.3 Å². The van der Waals surface area contributed by atoms with Gasteiger partial charge in [0.1, 0.15) is 0 Å². The molecule has 0 bridgehead atoms. The summed E-state index contributed by atoms with van der Waals surface area (Å²) in [5.41, 5.74) is 7.99. The minimum Gasteiger partial charge on any atom is -0.321 e. The molecule has 0 fully saturated rings. The average molecular weight is 254 g/mol. The van der Waals surface area contributed by atoms with Gasteiger partial charge in [0.2, 0.25) is 0 Å². The highest BCUT2D eigenvalue weighted by molar-refractivity contribution is 6.05. The van der Waals surface area contributed by atoms with Crippen LogP contribution in [0.3, 0.4) is 0 Å². The highest BCUT2D eigenvalue weighted by Gasteiger charge is 2.12. The Morgan fingerprint density at radius 2 is 2.26 bits per heavy atom. The molecular weight excluding hydrogens is 240 g/mol. The number of hydrogen-bond acceptors (Lipinski definition) is 3. The van der Waals surface area contributed by atoms with Gasteiger partial charge in [-0.25, -0.2) is 0 Å². The van der Waals surface area contributed by atoms with Crippen LogP contribution in [-0.4, -0.2) is 22.6 Å². The zero-order valence-electron chi connectivity index (χ0n) is 10.5. The molecule has 0 spiro atoms. The van der Waals surface area contributed by atoms with Gasteiger partial charge in [0.25, 0.3) is 5.91 Å². The lowest BCUT2D eigenvalue weighted by molar-refractivity contribution is 0.102. The van der Waals surface area contributed by atoms with Crippen LogP contribution in [0.25, 0.3) is 0 Å². The van der Waals surface area contributed by atoms with E-state index in [1.54, 1.807) is 13.0 Å². The topological polar surface area (TPSA) is 83.8 Å². The van der Waals surface area contributed by atoms with E-state index in [2.05, 4.69) is 27.4 Å². The number of amides is 1. The Balaban J connectivity index is 2.24. The molecule has 1 aromatic carbocycles. The van der Waals surface area contributed by atoms with Gasteiger partial charge in [0.05, 0.1) is 24.0 Å². The summed E-state index contributed by atoms with van der Waals surface area (Å²) in [7, 11) is 0. The van der Waals surface area contributed by atoms with Crippen LogP contribution in [0.1, 0.15) is 21.6 Å². The first kappa shape index (κ1) is 12.9. The fraction of sp³-hybridized carbons (Fsp3) is 0.143. The van der Waals surface area contributed by atoms with Gasteiger partial charge in [-0.1, -0.05) is 24.0 Å². The monoisotopic (exact) mass is 254 g/mol. The predicted molar refractivity (Wildman–Crippen MR) is 73.7 cm³/mol. The number of aromatic amines is 1. The Hall–Kier alpha value is -2.58. The van der Waals surface area contributed by atoms with Crippen LogP contribution in [0.15, 0.2) is 30.5 Å². The molecule has 2 aromatic rings. The van der Waals surface area contributed by atoms with E-state index in [-0.39, 0.29) is 12.5 Å². The molecule has 19 heavy (non-hydrogen) atoms. The van der Waals surface area contributed by atoms with Crippen LogP contribution >= 0.6 is 0 Å². The largest absolute Gasteiger partial charge is 0.321 e. The number of carbonyl (C=O) groups excluding carboxylic acids is 1. The summed E-state index contributed by atoms with van der Waals surface area (Å²) >= 11 is 0. The minimum atomic E-state index is -0.215. The number of nitrogens with two attached hydrogens (primary N) is 1. The van der Waals surface area contributed by atoms with E-state index < -0.39 is 0 Å². The highest BCUT2D eigenvalue weighted by Crippen LogP contribution is 2.15. The van der Waals surface area contributed by atoms with E-state index >= 15 is 0 Å². The number of nitrogens with zero attached hydrogens (tertiary/aromatic N) is 1. The van der Waals surface area contributed by atoms with Crippen LogP contribution in [0.4, 0.5) is 5.69 Å². The summed E-state index contributed by atoms with van der Waals surface area (Å²) in [4.78, 5) is 12.1.